The molecule has 0 aromatic heterocycles. The van der Waals surface area contributed by atoms with Gasteiger partial charge in [-0.05, 0) is 42.3 Å². The summed E-state index contributed by atoms with van der Waals surface area (Å²) in [5, 5.41) is 12.9. The minimum absolute atomic E-state index is 0.159. The molecule has 0 unspecified atom stereocenters. The quantitative estimate of drug-likeness (QED) is 0.453. The van der Waals surface area contributed by atoms with Gasteiger partial charge < -0.3 is 24.6 Å². The number of halogens is 1. The Morgan fingerprint density at radius 1 is 1.00 bits per heavy atom. The molecule has 162 valence electrons. The maximum absolute atomic E-state index is 11.3. The van der Waals surface area contributed by atoms with Crippen LogP contribution in [0.5, 0.6) is 17.2 Å². The molecule has 0 fully saturated rings. The minimum Gasteiger partial charge on any atom is -0.495 e. The molecule has 0 aliphatic rings. The number of benzene rings is 3. The molecule has 0 amide bonds. The molecule has 0 saturated carbocycles. The third-order valence-corrected chi connectivity index (χ3v) is 5.08. The van der Waals surface area contributed by atoms with E-state index in [0.717, 1.165) is 16.7 Å². The maximum Gasteiger partial charge on any atom is 0.335 e. The fourth-order valence-electron chi connectivity index (χ4n) is 3.12. The highest BCUT2D eigenvalue weighted by Gasteiger charge is 2.13. The fourth-order valence-corrected chi connectivity index (χ4v) is 3.34. The van der Waals surface area contributed by atoms with Gasteiger partial charge in [-0.3, -0.25) is 0 Å². The van der Waals surface area contributed by atoms with Crippen molar-refractivity contribution in [2.75, 3.05) is 19.5 Å². The average Bonchev–Trinajstić information content (AvgIpc) is 2.76. The van der Waals surface area contributed by atoms with Crippen molar-refractivity contribution in [3.05, 3.63) is 81.9 Å². The van der Waals surface area contributed by atoms with Crippen LogP contribution in [0.25, 0.3) is 0 Å². The first-order chi connectivity index (χ1) is 14.9. The van der Waals surface area contributed by atoms with Crippen LogP contribution in [0.2, 0.25) is 5.02 Å². The van der Waals surface area contributed by atoms with Crippen LogP contribution in [0.3, 0.4) is 0 Å². The predicted octanol–water partition coefficient (Wildman–Crippen LogP) is 5.55. The Bertz CT molecular complexity index is 1080. The van der Waals surface area contributed by atoms with Gasteiger partial charge in [-0.25, -0.2) is 4.79 Å². The number of ether oxygens (including phenoxy) is 3. The first kappa shape index (κ1) is 22.3. The summed E-state index contributed by atoms with van der Waals surface area (Å²) in [4.78, 5) is 11.3. The summed E-state index contributed by atoms with van der Waals surface area (Å²) in [7, 11) is 3.09. The van der Waals surface area contributed by atoms with E-state index in [-0.39, 0.29) is 5.56 Å². The van der Waals surface area contributed by atoms with Gasteiger partial charge in [-0.2, -0.15) is 0 Å². The number of rotatable bonds is 9. The standard InChI is InChI=1S/C24H24ClNO5/c1-15-5-4-6-16(9-15)14-31-23-12-19(25)18(11-22(23)30-3)13-26-20-10-17(24(27)28)7-8-21(20)29-2/h4-12,26H,13-14H2,1-3H3,(H,27,28). The van der Waals surface area contributed by atoms with Crippen LogP contribution in [0.4, 0.5) is 5.69 Å². The Hall–Kier alpha value is -3.38. The lowest BCUT2D eigenvalue weighted by atomic mass is 10.1. The van der Waals surface area contributed by atoms with Crippen molar-refractivity contribution < 1.29 is 24.1 Å². The molecule has 0 radical (unpaired) electrons. The van der Waals surface area contributed by atoms with Gasteiger partial charge in [0.1, 0.15) is 12.4 Å². The van der Waals surface area contributed by atoms with Gasteiger partial charge in [0.05, 0.1) is 25.5 Å². The van der Waals surface area contributed by atoms with E-state index in [1.165, 1.54) is 19.2 Å². The van der Waals surface area contributed by atoms with Gasteiger partial charge >= 0.3 is 5.97 Å². The van der Waals surface area contributed by atoms with E-state index in [4.69, 9.17) is 25.8 Å². The zero-order chi connectivity index (χ0) is 22.4. The fraction of sp³-hybridized carbons (Fsp3) is 0.208. The van der Waals surface area contributed by atoms with E-state index >= 15 is 0 Å². The molecule has 7 heteroatoms. The van der Waals surface area contributed by atoms with Crippen LogP contribution in [-0.2, 0) is 13.2 Å². The largest absolute Gasteiger partial charge is 0.495 e. The summed E-state index contributed by atoms with van der Waals surface area (Å²) >= 11 is 6.49. The van der Waals surface area contributed by atoms with Gasteiger partial charge in [-0.1, -0.05) is 41.4 Å². The van der Waals surface area contributed by atoms with Crippen LogP contribution in [0, 0.1) is 6.92 Å². The molecule has 31 heavy (non-hydrogen) atoms. The second-order valence-electron chi connectivity index (χ2n) is 6.95. The smallest absolute Gasteiger partial charge is 0.335 e. The highest BCUT2D eigenvalue weighted by molar-refractivity contribution is 6.31. The number of carboxylic acid groups (broad SMARTS) is 1. The Kier molecular flexibility index (Phi) is 7.26. The van der Waals surface area contributed by atoms with Gasteiger partial charge in [0.25, 0.3) is 0 Å². The molecular weight excluding hydrogens is 418 g/mol. The molecule has 0 aliphatic carbocycles. The lowest BCUT2D eigenvalue weighted by Gasteiger charge is -2.16. The van der Waals surface area contributed by atoms with Crippen LogP contribution in [0.1, 0.15) is 27.0 Å². The zero-order valence-electron chi connectivity index (χ0n) is 17.6. The Balaban J connectivity index is 1.77. The molecule has 0 aliphatic heterocycles. The van der Waals surface area contributed by atoms with E-state index in [0.29, 0.717) is 41.1 Å². The van der Waals surface area contributed by atoms with E-state index in [2.05, 4.69) is 11.4 Å². The SMILES string of the molecule is COc1ccc(C(=O)O)cc1NCc1cc(OC)c(OCc2cccc(C)c2)cc1Cl. The summed E-state index contributed by atoms with van der Waals surface area (Å²) < 4.78 is 16.7. The average molecular weight is 442 g/mol. The molecule has 2 N–H and O–H groups in total. The highest BCUT2D eigenvalue weighted by Crippen LogP contribution is 2.35. The Labute approximate surface area is 186 Å². The topological polar surface area (TPSA) is 77.0 Å². The number of anilines is 1. The summed E-state index contributed by atoms with van der Waals surface area (Å²) in [5.74, 6) is 0.620. The molecule has 3 rings (SSSR count). The number of hydrogen-bond acceptors (Lipinski definition) is 5. The van der Waals surface area contributed by atoms with E-state index in [9.17, 15) is 9.90 Å². The van der Waals surface area contributed by atoms with E-state index in [1.807, 2.05) is 25.1 Å². The first-order valence-electron chi connectivity index (χ1n) is 9.61. The van der Waals surface area contributed by atoms with Crippen molar-refractivity contribution in [1.82, 2.24) is 0 Å². The lowest BCUT2D eigenvalue weighted by Crippen LogP contribution is -2.05. The normalized spacial score (nSPS) is 10.5. The number of aromatic carboxylic acids is 1. The van der Waals surface area contributed by atoms with Crippen molar-refractivity contribution in [1.29, 1.82) is 0 Å². The van der Waals surface area contributed by atoms with Crippen LogP contribution in [0.15, 0.2) is 54.6 Å². The number of hydrogen-bond donors (Lipinski definition) is 2. The summed E-state index contributed by atoms with van der Waals surface area (Å²) in [6.45, 7) is 2.77. The number of carbonyl (C=O) groups is 1. The monoisotopic (exact) mass is 441 g/mol. The van der Waals surface area contributed by atoms with Gasteiger partial charge in [0.15, 0.2) is 11.5 Å². The van der Waals surface area contributed by atoms with Crippen LogP contribution < -0.4 is 19.5 Å². The third kappa shape index (κ3) is 5.61. The Morgan fingerprint density at radius 2 is 1.77 bits per heavy atom. The van der Waals surface area contributed by atoms with E-state index < -0.39 is 5.97 Å². The number of methoxy groups -OCH3 is 2. The first-order valence-corrected chi connectivity index (χ1v) is 9.99. The molecular formula is C24H24ClNO5. The number of nitrogens with one attached hydrogen (secondary N) is 1. The molecule has 0 spiro atoms. The van der Waals surface area contributed by atoms with Crippen LogP contribution >= 0.6 is 11.6 Å². The number of carboxylic acids is 1. The van der Waals surface area contributed by atoms with Gasteiger partial charge in [0.2, 0.25) is 0 Å². The Morgan fingerprint density at radius 3 is 2.45 bits per heavy atom. The lowest BCUT2D eigenvalue weighted by molar-refractivity contribution is 0.0697. The molecule has 0 saturated heterocycles. The maximum atomic E-state index is 11.3. The summed E-state index contributed by atoms with van der Waals surface area (Å²) in [6, 6.07) is 16.2. The molecule has 3 aromatic carbocycles. The second kappa shape index (κ2) is 10.1. The van der Waals surface area contributed by atoms with Crippen molar-refractivity contribution in [3.63, 3.8) is 0 Å². The van der Waals surface area contributed by atoms with Crippen molar-refractivity contribution in [2.45, 2.75) is 20.1 Å². The molecule has 3 aromatic rings. The van der Waals surface area contributed by atoms with E-state index in [1.54, 1.807) is 25.3 Å². The minimum atomic E-state index is -1.01. The van der Waals surface area contributed by atoms with Crippen molar-refractivity contribution >= 4 is 23.3 Å². The molecule has 0 heterocycles. The summed E-state index contributed by atoms with van der Waals surface area (Å²) in [5.41, 5.74) is 3.69. The molecule has 0 bridgehead atoms. The highest BCUT2D eigenvalue weighted by atomic mass is 35.5. The van der Waals surface area contributed by atoms with Crippen molar-refractivity contribution in [3.8, 4) is 17.2 Å². The van der Waals surface area contributed by atoms with Gasteiger partial charge in [0, 0.05) is 17.6 Å². The molecule has 6 nitrogen and oxygen atoms in total. The number of aryl methyl sites for hydroxylation is 1. The second-order valence-corrected chi connectivity index (χ2v) is 7.35. The zero-order valence-corrected chi connectivity index (χ0v) is 18.3. The molecule has 0 atom stereocenters. The van der Waals surface area contributed by atoms with Crippen molar-refractivity contribution in [2.24, 2.45) is 0 Å². The predicted molar refractivity (Wildman–Crippen MR) is 121 cm³/mol. The van der Waals surface area contributed by atoms with Gasteiger partial charge in [-0.15, -0.1) is 0 Å². The van der Waals surface area contributed by atoms with Crippen LogP contribution in [-0.4, -0.2) is 25.3 Å². The third-order valence-electron chi connectivity index (χ3n) is 4.73. The summed E-state index contributed by atoms with van der Waals surface area (Å²) in [6.07, 6.45) is 0.